The Balaban J connectivity index is 1.89. The zero-order chi connectivity index (χ0) is 11.2. The van der Waals surface area contributed by atoms with Gasteiger partial charge < -0.3 is 5.73 Å². The molecule has 16 heavy (non-hydrogen) atoms. The van der Waals surface area contributed by atoms with E-state index in [-0.39, 0.29) is 0 Å². The Bertz CT molecular complexity index is 301. The summed E-state index contributed by atoms with van der Waals surface area (Å²) in [5.74, 6) is 0.497. The van der Waals surface area contributed by atoms with Crippen LogP contribution in [0.3, 0.4) is 0 Å². The van der Waals surface area contributed by atoms with Gasteiger partial charge in [-0.25, -0.2) is 4.98 Å². The van der Waals surface area contributed by atoms with Crippen LogP contribution in [0.25, 0.3) is 0 Å². The van der Waals surface area contributed by atoms with Crippen LogP contribution in [0, 0.1) is 0 Å². The minimum atomic E-state index is 0.497. The van der Waals surface area contributed by atoms with Gasteiger partial charge in [0.25, 0.3) is 0 Å². The summed E-state index contributed by atoms with van der Waals surface area (Å²) in [5, 5.41) is 0. The highest BCUT2D eigenvalue weighted by molar-refractivity contribution is 5.22. The van der Waals surface area contributed by atoms with E-state index in [2.05, 4.69) is 14.9 Å². The molecular formula is C12H20N4. The molecule has 0 bridgehead atoms. The van der Waals surface area contributed by atoms with Gasteiger partial charge >= 0.3 is 0 Å². The van der Waals surface area contributed by atoms with Crippen LogP contribution < -0.4 is 5.73 Å². The van der Waals surface area contributed by atoms with Crippen LogP contribution >= 0.6 is 0 Å². The minimum absolute atomic E-state index is 0.497. The van der Waals surface area contributed by atoms with Crippen LogP contribution in [0.15, 0.2) is 12.4 Å². The number of hydrogen-bond donors (Lipinski definition) is 1. The monoisotopic (exact) mass is 220 g/mol. The Kier molecular flexibility index (Phi) is 4.10. The Morgan fingerprint density at radius 1 is 1.00 bits per heavy atom. The molecule has 2 N–H and O–H groups in total. The van der Waals surface area contributed by atoms with Crippen LogP contribution in [0.5, 0.6) is 0 Å². The summed E-state index contributed by atoms with van der Waals surface area (Å²) >= 11 is 0. The lowest BCUT2D eigenvalue weighted by Crippen LogP contribution is -2.27. The summed E-state index contributed by atoms with van der Waals surface area (Å²) in [6.45, 7) is 3.28. The van der Waals surface area contributed by atoms with E-state index in [9.17, 15) is 0 Å². The number of nitrogen functional groups attached to an aromatic ring is 1. The number of nitrogens with zero attached hydrogens (tertiary/aromatic N) is 3. The molecule has 4 nitrogen and oxygen atoms in total. The molecule has 88 valence electrons. The van der Waals surface area contributed by atoms with Gasteiger partial charge in [-0.2, -0.15) is 0 Å². The molecule has 1 aromatic rings. The molecular weight excluding hydrogens is 200 g/mol. The standard InChI is InChI=1S/C12H20N4/c13-12-9-14-11(8-15-12)10-16-6-4-2-1-3-5-7-16/h8-9H,1-7,10H2,(H2,13,15). The first-order chi connectivity index (χ1) is 7.84. The summed E-state index contributed by atoms with van der Waals surface area (Å²) in [5.41, 5.74) is 6.54. The number of likely N-dealkylation sites (tertiary alicyclic amines) is 1. The van der Waals surface area contributed by atoms with E-state index in [1.807, 2.05) is 0 Å². The van der Waals surface area contributed by atoms with Crippen LogP contribution in [-0.4, -0.2) is 28.0 Å². The van der Waals surface area contributed by atoms with Crippen LogP contribution in [0.1, 0.15) is 37.8 Å². The van der Waals surface area contributed by atoms with Crippen molar-refractivity contribution in [1.29, 1.82) is 0 Å². The van der Waals surface area contributed by atoms with Crippen molar-refractivity contribution in [3.8, 4) is 0 Å². The van der Waals surface area contributed by atoms with Crippen molar-refractivity contribution in [2.24, 2.45) is 0 Å². The average Bonchev–Trinajstić information content (AvgIpc) is 2.25. The Labute approximate surface area is 96.9 Å². The van der Waals surface area contributed by atoms with Crippen molar-refractivity contribution < 1.29 is 0 Å². The molecule has 0 radical (unpaired) electrons. The predicted octanol–water partition coefficient (Wildman–Crippen LogP) is 1.82. The molecule has 1 fully saturated rings. The molecule has 0 amide bonds. The Morgan fingerprint density at radius 2 is 1.69 bits per heavy atom. The maximum Gasteiger partial charge on any atom is 0.141 e. The third-order valence-electron chi connectivity index (χ3n) is 3.06. The maximum atomic E-state index is 5.52. The van der Waals surface area contributed by atoms with Crippen molar-refractivity contribution in [2.75, 3.05) is 18.8 Å². The molecule has 0 aliphatic carbocycles. The van der Waals surface area contributed by atoms with E-state index in [1.165, 1.54) is 45.2 Å². The zero-order valence-electron chi connectivity index (χ0n) is 9.73. The molecule has 0 unspecified atom stereocenters. The van der Waals surface area contributed by atoms with Gasteiger partial charge in [0.05, 0.1) is 18.1 Å². The van der Waals surface area contributed by atoms with E-state index < -0.39 is 0 Å². The summed E-state index contributed by atoms with van der Waals surface area (Å²) < 4.78 is 0. The molecule has 4 heteroatoms. The van der Waals surface area contributed by atoms with Crippen molar-refractivity contribution in [2.45, 2.75) is 38.6 Å². The average molecular weight is 220 g/mol. The lowest BCUT2D eigenvalue weighted by Gasteiger charge is -2.23. The minimum Gasteiger partial charge on any atom is -0.382 e. The van der Waals surface area contributed by atoms with E-state index >= 15 is 0 Å². The van der Waals surface area contributed by atoms with E-state index in [1.54, 1.807) is 12.4 Å². The first-order valence-corrected chi connectivity index (χ1v) is 6.13. The first kappa shape index (κ1) is 11.3. The highest BCUT2D eigenvalue weighted by Gasteiger charge is 2.09. The summed E-state index contributed by atoms with van der Waals surface area (Å²) in [4.78, 5) is 10.8. The number of rotatable bonds is 2. The fourth-order valence-corrected chi connectivity index (χ4v) is 2.15. The molecule has 2 heterocycles. The topological polar surface area (TPSA) is 55.0 Å². The van der Waals surface area contributed by atoms with Gasteiger partial charge in [-0.05, 0) is 25.9 Å². The van der Waals surface area contributed by atoms with Gasteiger partial charge in [0.1, 0.15) is 5.82 Å². The number of anilines is 1. The molecule has 2 rings (SSSR count). The van der Waals surface area contributed by atoms with Gasteiger partial charge in [0.15, 0.2) is 0 Å². The van der Waals surface area contributed by atoms with Crippen molar-refractivity contribution >= 4 is 5.82 Å². The molecule has 1 aromatic heterocycles. The summed E-state index contributed by atoms with van der Waals surface area (Å²) in [6.07, 6.45) is 10.2. The predicted molar refractivity (Wildman–Crippen MR) is 64.8 cm³/mol. The van der Waals surface area contributed by atoms with Crippen molar-refractivity contribution in [1.82, 2.24) is 14.9 Å². The molecule has 0 aromatic carbocycles. The van der Waals surface area contributed by atoms with E-state index in [4.69, 9.17) is 5.73 Å². The second kappa shape index (κ2) is 5.80. The highest BCUT2D eigenvalue weighted by atomic mass is 15.1. The van der Waals surface area contributed by atoms with Gasteiger partial charge in [-0.15, -0.1) is 0 Å². The second-order valence-corrected chi connectivity index (χ2v) is 4.48. The molecule has 0 spiro atoms. The van der Waals surface area contributed by atoms with Crippen LogP contribution in [-0.2, 0) is 6.54 Å². The largest absolute Gasteiger partial charge is 0.382 e. The van der Waals surface area contributed by atoms with Crippen molar-refractivity contribution in [3.05, 3.63) is 18.1 Å². The second-order valence-electron chi connectivity index (χ2n) is 4.48. The lowest BCUT2D eigenvalue weighted by atomic mass is 10.1. The lowest BCUT2D eigenvalue weighted by molar-refractivity contribution is 0.237. The Morgan fingerprint density at radius 3 is 2.31 bits per heavy atom. The molecule has 0 saturated carbocycles. The SMILES string of the molecule is Nc1cnc(CN2CCCCCCC2)cn1. The molecule has 1 saturated heterocycles. The van der Waals surface area contributed by atoms with Crippen LogP contribution in [0.2, 0.25) is 0 Å². The molecule has 0 atom stereocenters. The van der Waals surface area contributed by atoms with Gasteiger partial charge in [0, 0.05) is 6.54 Å². The van der Waals surface area contributed by atoms with Crippen molar-refractivity contribution in [3.63, 3.8) is 0 Å². The fraction of sp³-hybridized carbons (Fsp3) is 0.667. The van der Waals surface area contributed by atoms with Gasteiger partial charge in [-0.1, -0.05) is 19.3 Å². The van der Waals surface area contributed by atoms with E-state index in [0.717, 1.165) is 12.2 Å². The smallest absolute Gasteiger partial charge is 0.141 e. The quantitative estimate of drug-likeness (QED) is 0.826. The summed E-state index contributed by atoms with van der Waals surface area (Å²) in [7, 11) is 0. The van der Waals surface area contributed by atoms with E-state index in [0.29, 0.717) is 5.82 Å². The fourth-order valence-electron chi connectivity index (χ4n) is 2.15. The first-order valence-electron chi connectivity index (χ1n) is 6.13. The number of hydrogen-bond acceptors (Lipinski definition) is 4. The number of aromatic nitrogens is 2. The highest BCUT2D eigenvalue weighted by Crippen LogP contribution is 2.12. The van der Waals surface area contributed by atoms with Gasteiger partial charge in [0.2, 0.25) is 0 Å². The molecule has 1 aliphatic rings. The summed E-state index contributed by atoms with van der Waals surface area (Å²) in [6, 6.07) is 0. The Hall–Kier alpha value is -1.16. The molecule has 1 aliphatic heterocycles. The normalized spacial score (nSPS) is 19.0. The third-order valence-corrected chi connectivity index (χ3v) is 3.06. The maximum absolute atomic E-state index is 5.52. The van der Waals surface area contributed by atoms with Crippen LogP contribution in [0.4, 0.5) is 5.82 Å². The third kappa shape index (κ3) is 3.45. The number of nitrogens with two attached hydrogens (primary N) is 1. The van der Waals surface area contributed by atoms with Gasteiger partial charge in [-0.3, -0.25) is 9.88 Å². The zero-order valence-corrected chi connectivity index (χ0v) is 9.73.